The number of carbonyl (C=O) groups is 1. The molecule has 0 radical (unpaired) electrons. The molecule has 1 amide bonds. The highest BCUT2D eigenvalue weighted by Gasteiger charge is 2.25. The number of sulfonamides is 1. The normalized spacial score (nSPS) is 10.9. The van der Waals surface area contributed by atoms with Gasteiger partial charge >= 0.3 is 0 Å². The first-order chi connectivity index (χ1) is 15.0. The summed E-state index contributed by atoms with van der Waals surface area (Å²) in [5, 5.41) is 2.79. The third-order valence-electron chi connectivity index (χ3n) is 4.46. The molecule has 0 atom stereocenters. The van der Waals surface area contributed by atoms with E-state index in [0.29, 0.717) is 23.7 Å². The van der Waals surface area contributed by atoms with Gasteiger partial charge in [-0.1, -0.05) is 42.5 Å². The second-order valence-corrected chi connectivity index (χ2v) is 8.43. The Balaban J connectivity index is 1.91. The smallest absolute Gasteiger partial charge is 0.264 e. The molecule has 0 spiro atoms. The molecule has 3 rings (SSSR count). The molecule has 0 aliphatic rings. The molecule has 6 nitrogen and oxygen atoms in total. The fourth-order valence-corrected chi connectivity index (χ4v) is 4.51. The third kappa shape index (κ3) is 5.13. The quantitative estimate of drug-likeness (QED) is 0.493. The number of amides is 1. The lowest BCUT2D eigenvalue weighted by Crippen LogP contribution is -2.31. The molecule has 0 unspecified atom stereocenters. The topological polar surface area (TPSA) is 75.7 Å². The lowest BCUT2D eigenvalue weighted by Gasteiger charge is -2.23. The molecule has 7 heteroatoms. The Hall–Kier alpha value is -3.58. The van der Waals surface area contributed by atoms with E-state index < -0.39 is 15.9 Å². The second kappa shape index (κ2) is 9.95. The summed E-state index contributed by atoms with van der Waals surface area (Å²) < 4.78 is 33.4. The van der Waals surface area contributed by atoms with Crippen molar-refractivity contribution < 1.29 is 17.9 Å². The van der Waals surface area contributed by atoms with Gasteiger partial charge in [0.1, 0.15) is 5.75 Å². The van der Waals surface area contributed by atoms with Gasteiger partial charge in [-0.15, -0.1) is 6.58 Å². The van der Waals surface area contributed by atoms with Crippen LogP contribution in [0.4, 0.5) is 11.4 Å². The monoisotopic (exact) mass is 436 g/mol. The zero-order chi connectivity index (χ0) is 22.3. The molecule has 0 saturated carbocycles. The number of para-hydroxylation sites is 3. The Labute approximate surface area is 182 Å². The molecule has 160 valence electrons. The van der Waals surface area contributed by atoms with Gasteiger partial charge in [0.25, 0.3) is 15.9 Å². The minimum atomic E-state index is -3.90. The van der Waals surface area contributed by atoms with Crippen molar-refractivity contribution in [2.45, 2.75) is 11.8 Å². The summed E-state index contributed by atoms with van der Waals surface area (Å²) in [6, 6.07) is 21.8. The zero-order valence-electron chi connectivity index (χ0n) is 17.2. The van der Waals surface area contributed by atoms with Crippen LogP contribution in [0.5, 0.6) is 5.75 Å². The van der Waals surface area contributed by atoms with Crippen molar-refractivity contribution in [2.24, 2.45) is 0 Å². The number of hydrogen-bond acceptors (Lipinski definition) is 4. The van der Waals surface area contributed by atoms with Crippen LogP contribution in [-0.4, -0.2) is 27.5 Å². The van der Waals surface area contributed by atoms with E-state index >= 15 is 0 Å². The average Bonchev–Trinajstić information content (AvgIpc) is 2.79. The number of carbonyl (C=O) groups excluding carboxylic acids is 1. The fraction of sp³-hybridized carbons (Fsp3) is 0.125. The number of nitrogens with one attached hydrogen (secondary N) is 1. The van der Waals surface area contributed by atoms with E-state index in [1.165, 1.54) is 22.5 Å². The number of nitrogens with zero attached hydrogens (tertiary/aromatic N) is 1. The number of hydrogen-bond donors (Lipinski definition) is 1. The van der Waals surface area contributed by atoms with Gasteiger partial charge in [-0.05, 0) is 49.4 Å². The second-order valence-electron chi connectivity index (χ2n) is 6.57. The highest BCUT2D eigenvalue weighted by molar-refractivity contribution is 7.92. The first-order valence-corrected chi connectivity index (χ1v) is 11.2. The molecule has 0 aromatic heterocycles. The summed E-state index contributed by atoms with van der Waals surface area (Å²) in [5.41, 5.74) is 1.25. The first-order valence-electron chi connectivity index (χ1n) is 9.79. The van der Waals surface area contributed by atoms with Crippen molar-refractivity contribution in [2.75, 3.05) is 22.8 Å². The third-order valence-corrected chi connectivity index (χ3v) is 6.25. The van der Waals surface area contributed by atoms with E-state index in [0.717, 1.165) is 0 Å². The maximum atomic E-state index is 13.3. The van der Waals surface area contributed by atoms with Crippen LogP contribution in [0.1, 0.15) is 17.3 Å². The van der Waals surface area contributed by atoms with Gasteiger partial charge in [0, 0.05) is 5.56 Å². The molecular weight excluding hydrogens is 412 g/mol. The van der Waals surface area contributed by atoms with E-state index in [-0.39, 0.29) is 17.0 Å². The molecule has 3 aromatic carbocycles. The molecule has 0 aliphatic carbocycles. The van der Waals surface area contributed by atoms with Crippen LogP contribution >= 0.6 is 0 Å². The number of anilines is 2. The summed E-state index contributed by atoms with van der Waals surface area (Å²) in [6.45, 7) is 6.08. The molecule has 1 N–H and O–H groups in total. The summed E-state index contributed by atoms with van der Waals surface area (Å²) in [4.78, 5) is 12.8. The van der Waals surface area contributed by atoms with Gasteiger partial charge in [-0.2, -0.15) is 0 Å². The van der Waals surface area contributed by atoms with Crippen molar-refractivity contribution in [1.82, 2.24) is 0 Å². The molecule has 0 aliphatic heterocycles. The Morgan fingerprint density at radius 1 is 1.03 bits per heavy atom. The maximum absolute atomic E-state index is 13.3. The van der Waals surface area contributed by atoms with Gasteiger partial charge in [-0.3, -0.25) is 9.10 Å². The molecule has 0 saturated heterocycles. The number of rotatable bonds is 9. The van der Waals surface area contributed by atoms with Gasteiger partial charge in [0.05, 0.1) is 29.4 Å². The van der Waals surface area contributed by atoms with Crippen LogP contribution in [0.2, 0.25) is 0 Å². The van der Waals surface area contributed by atoms with Crippen LogP contribution in [-0.2, 0) is 10.0 Å². The Bertz CT molecular complexity index is 1160. The van der Waals surface area contributed by atoms with Crippen LogP contribution in [0.25, 0.3) is 0 Å². The minimum absolute atomic E-state index is 0.0175. The Morgan fingerprint density at radius 3 is 2.45 bits per heavy atom. The lowest BCUT2D eigenvalue weighted by molar-refractivity contribution is 0.102. The SMILES string of the molecule is C=CCN(c1ccccc1)S(=O)(=O)c1cccc(C(=O)Nc2ccccc2OCC)c1. The summed E-state index contributed by atoms with van der Waals surface area (Å²) >= 11 is 0. The van der Waals surface area contributed by atoms with E-state index in [2.05, 4.69) is 11.9 Å². The molecule has 31 heavy (non-hydrogen) atoms. The van der Waals surface area contributed by atoms with Gasteiger partial charge in [-0.25, -0.2) is 8.42 Å². The predicted octanol–water partition coefficient (Wildman–Crippen LogP) is 4.72. The lowest BCUT2D eigenvalue weighted by atomic mass is 10.2. The van der Waals surface area contributed by atoms with Crippen LogP contribution < -0.4 is 14.4 Å². The van der Waals surface area contributed by atoms with Crippen molar-refractivity contribution in [3.63, 3.8) is 0 Å². The number of ether oxygens (including phenoxy) is 1. The van der Waals surface area contributed by atoms with Crippen molar-refractivity contribution in [3.05, 3.63) is 97.1 Å². The number of benzene rings is 3. The van der Waals surface area contributed by atoms with Crippen LogP contribution in [0, 0.1) is 0 Å². The Morgan fingerprint density at radius 2 is 1.74 bits per heavy atom. The molecule has 3 aromatic rings. The van der Waals surface area contributed by atoms with Crippen molar-refractivity contribution in [1.29, 1.82) is 0 Å². The van der Waals surface area contributed by atoms with Gasteiger partial charge in [0.15, 0.2) is 0 Å². The standard InChI is InChI=1S/C24H24N2O4S/c1-3-17-26(20-12-6-5-7-13-20)31(28,29)21-14-10-11-19(18-21)24(27)25-22-15-8-9-16-23(22)30-4-2/h3,5-16,18H,1,4,17H2,2H3,(H,25,27). The summed E-state index contributed by atoms with van der Waals surface area (Å²) in [5.74, 6) is 0.113. The van der Waals surface area contributed by atoms with E-state index in [1.54, 1.807) is 54.6 Å². The molecular formula is C24H24N2O4S. The summed E-state index contributed by atoms with van der Waals surface area (Å²) in [6.07, 6.45) is 1.52. The van der Waals surface area contributed by atoms with Crippen molar-refractivity contribution in [3.8, 4) is 5.75 Å². The van der Waals surface area contributed by atoms with Gasteiger partial charge in [0.2, 0.25) is 0 Å². The van der Waals surface area contributed by atoms with Crippen LogP contribution in [0.15, 0.2) is 96.4 Å². The average molecular weight is 437 g/mol. The largest absolute Gasteiger partial charge is 0.492 e. The van der Waals surface area contributed by atoms with E-state index in [9.17, 15) is 13.2 Å². The Kier molecular flexibility index (Phi) is 7.10. The molecule has 0 fully saturated rings. The van der Waals surface area contributed by atoms with Crippen LogP contribution in [0.3, 0.4) is 0 Å². The zero-order valence-corrected chi connectivity index (χ0v) is 18.0. The predicted molar refractivity (Wildman–Crippen MR) is 123 cm³/mol. The van der Waals surface area contributed by atoms with Gasteiger partial charge < -0.3 is 10.1 Å². The highest BCUT2D eigenvalue weighted by atomic mass is 32.2. The van der Waals surface area contributed by atoms with E-state index in [1.807, 2.05) is 19.1 Å². The highest BCUT2D eigenvalue weighted by Crippen LogP contribution is 2.26. The first kappa shape index (κ1) is 22.1. The minimum Gasteiger partial charge on any atom is -0.492 e. The molecule has 0 bridgehead atoms. The fourth-order valence-electron chi connectivity index (χ4n) is 3.02. The van der Waals surface area contributed by atoms with Crippen molar-refractivity contribution >= 4 is 27.3 Å². The molecule has 0 heterocycles. The maximum Gasteiger partial charge on any atom is 0.264 e. The summed E-state index contributed by atoms with van der Waals surface area (Å²) in [7, 11) is -3.90. The van der Waals surface area contributed by atoms with E-state index in [4.69, 9.17) is 4.74 Å².